The molecule has 0 nitrogen and oxygen atoms in total. The van der Waals surface area contributed by atoms with E-state index in [-0.39, 0.29) is 5.41 Å². The lowest BCUT2D eigenvalue weighted by Crippen LogP contribution is -2.43. The van der Waals surface area contributed by atoms with E-state index < -0.39 is 8.07 Å². The van der Waals surface area contributed by atoms with Crippen molar-refractivity contribution >= 4 is 132 Å². The molecule has 0 heterocycles. The average molecular weight is 581 g/mol. The molecule has 16 rings (SSSR count). The molecule has 0 spiro atoms. The minimum Gasteiger partial charge on any atom is -0.0791 e. The molecule has 4 aliphatic carbocycles. The lowest BCUT2D eigenvalue weighted by atomic mass is 9.57. The highest BCUT2D eigenvalue weighted by molar-refractivity contribution is 6.76. The van der Waals surface area contributed by atoms with Crippen molar-refractivity contribution in [2.75, 3.05) is 0 Å². The maximum Gasteiger partial charge on any atom is 0.0455 e. The van der Waals surface area contributed by atoms with Gasteiger partial charge in [0.15, 0.2) is 0 Å². The van der Waals surface area contributed by atoms with E-state index in [2.05, 4.69) is 74.2 Å². The molecule has 4 aliphatic rings. The highest BCUT2D eigenvalue weighted by Gasteiger charge is 2.62. The first-order valence-corrected chi connectivity index (χ1v) is 20.9. The molecule has 12 aromatic carbocycles. The van der Waals surface area contributed by atoms with Gasteiger partial charge in [0.05, 0.1) is 0 Å². The van der Waals surface area contributed by atoms with Crippen LogP contribution in [0.5, 0.6) is 0 Å². The van der Waals surface area contributed by atoms with Crippen LogP contribution in [-0.2, 0) is 5.41 Å². The van der Waals surface area contributed by atoms with Crippen LogP contribution in [0.2, 0.25) is 25.7 Å². The quantitative estimate of drug-likeness (QED) is 0.141. The summed E-state index contributed by atoms with van der Waals surface area (Å²) in [5.41, 5.74) is 8.61. The van der Waals surface area contributed by atoms with E-state index in [4.69, 9.17) is 0 Å². The molecule has 12 aromatic rings. The van der Waals surface area contributed by atoms with E-state index >= 15 is 0 Å². The molecule has 204 valence electrons. The number of hydrogen-bond donors (Lipinski definition) is 0. The molecule has 0 saturated carbocycles. The molecule has 0 radical (unpaired) electrons. The van der Waals surface area contributed by atoms with E-state index in [1.54, 1.807) is 114 Å². The van der Waals surface area contributed by atoms with E-state index in [0.717, 1.165) is 0 Å². The van der Waals surface area contributed by atoms with Crippen molar-refractivity contribution in [2.45, 2.75) is 49.4 Å². The van der Waals surface area contributed by atoms with E-state index in [9.17, 15) is 0 Å². The largest absolute Gasteiger partial charge is 0.0791 e. The predicted octanol–water partition coefficient (Wildman–Crippen LogP) is 12.4. The zero-order valence-electron chi connectivity index (χ0n) is 25.3. The SMILES string of the molecule is C[Si](C)(C)CC12C3=CCC4c5ccc6c7ccc8c9ccc%10c%11ccc3c3c1c1c%12c(c5c6c5c7c8c6c9c%10c(c3%11)c1c6c%125)C42. The van der Waals surface area contributed by atoms with Gasteiger partial charge in [-0.05, 0) is 165 Å². The highest BCUT2D eigenvalue weighted by atomic mass is 28.3. The first kappa shape index (κ1) is 20.5. The van der Waals surface area contributed by atoms with Gasteiger partial charge in [0.1, 0.15) is 0 Å². The first-order valence-electron chi connectivity index (χ1n) is 17.2. The standard InChI is InChI=1S/C44H24Si/c1-45(2,3)14-44-24-13-12-22-21-9-8-18-17-5-4-15-16-6-7-19-20-10-11-23(24)32-31(20)35-28(19)27(16)33-25(15)26(17)34-29(18)30(21)40(42(22)44)39-37(34)36(33)38(35)41(39)43(32)44/h4-11,13,22,42H,12,14H2,1-3H3. The number of fused-ring (bicyclic) bond motifs is 5. The van der Waals surface area contributed by atoms with Gasteiger partial charge >= 0.3 is 0 Å². The minimum absolute atomic E-state index is 0.0919. The molecule has 1 heteroatoms. The molecule has 0 aromatic heterocycles. The maximum absolute atomic E-state index is 2.76. The lowest BCUT2D eigenvalue weighted by Gasteiger charge is -2.50. The van der Waals surface area contributed by atoms with Gasteiger partial charge in [-0.2, -0.15) is 0 Å². The summed E-state index contributed by atoms with van der Waals surface area (Å²) in [5, 5.41) is 34.9. The van der Waals surface area contributed by atoms with Crippen molar-refractivity contribution in [3.05, 3.63) is 76.9 Å². The molecule has 45 heavy (non-hydrogen) atoms. The molecule has 0 aliphatic heterocycles. The zero-order chi connectivity index (χ0) is 28.5. The molecule has 0 amide bonds. The Morgan fingerprint density at radius 2 is 1.02 bits per heavy atom. The summed E-state index contributed by atoms with van der Waals surface area (Å²) in [6.07, 6.45) is 3.94. The zero-order valence-corrected chi connectivity index (χ0v) is 26.3. The van der Waals surface area contributed by atoms with Gasteiger partial charge in [-0.3, -0.25) is 0 Å². The fourth-order valence-electron chi connectivity index (χ4n) is 14.0. The van der Waals surface area contributed by atoms with Crippen molar-refractivity contribution in [1.82, 2.24) is 0 Å². The predicted molar refractivity (Wildman–Crippen MR) is 196 cm³/mol. The van der Waals surface area contributed by atoms with Crippen LogP contribution in [0.25, 0.3) is 124 Å². The first-order chi connectivity index (χ1) is 22.0. The van der Waals surface area contributed by atoms with Gasteiger partial charge in [0, 0.05) is 19.4 Å². The third-order valence-corrected chi connectivity index (χ3v) is 16.1. The molecule has 0 N–H and O–H groups in total. The van der Waals surface area contributed by atoms with Gasteiger partial charge < -0.3 is 0 Å². The number of allylic oxidation sites excluding steroid dienone is 2. The Labute approximate surface area is 257 Å². The summed E-state index contributed by atoms with van der Waals surface area (Å²) >= 11 is 0. The van der Waals surface area contributed by atoms with E-state index in [1.807, 2.05) is 0 Å². The number of rotatable bonds is 2. The monoisotopic (exact) mass is 580 g/mol. The maximum atomic E-state index is 2.76. The summed E-state index contributed by atoms with van der Waals surface area (Å²) in [7, 11) is -1.51. The van der Waals surface area contributed by atoms with Crippen LogP contribution >= 0.6 is 0 Å². The topological polar surface area (TPSA) is 0 Å². The van der Waals surface area contributed by atoms with Crippen molar-refractivity contribution in [1.29, 1.82) is 0 Å². The highest BCUT2D eigenvalue weighted by Crippen LogP contribution is 2.77. The molecular weight excluding hydrogens is 557 g/mol. The van der Waals surface area contributed by atoms with Gasteiger partial charge in [-0.15, -0.1) is 0 Å². The minimum atomic E-state index is -1.51. The molecule has 0 saturated heterocycles. The third kappa shape index (κ3) is 1.50. The van der Waals surface area contributed by atoms with E-state index in [1.165, 1.54) is 44.8 Å². The molecule has 3 atom stereocenters. The fourth-order valence-corrected chi connectivity index (χ4v) is 16.3. The Morgan fingerprint density at radius 3 is 1.64 bits per heavy atom. The number of hydrogen-bond acceptors (Lipinski definition) is 0. The van der Waals surface area contributed by atoms with Crippen LogP contribution in [-0.4, -0.2) is 8.07 Å². The van der Waals surface area contributed by atoms with Crippen LogP contribution in [0.15, 0.2) is 54.6 Å². The Hall–Kier alpha value is -4.46. The fraction of sp³-hybridized carbons (Fsp3) is 0.182. The Balaban J connectivity index is 1.43. The molecule has 3 unspecified atom stereocenters. The van der Waals surface area contributed by atoms with Crippen LogP contribution < -0.4 is 0 Å². The summed E-state index contributed by atoms with van der Waals surface area (Å²) in [4.78, 5) is 0. The van der Waals surface area contributed by atoms with Crippen LogP contribution in [0.3, 0.4) is 0 Å². The van der Waals surface area contributed by atoms with Gasteiger partial charge in [0.25, 0.3) is 0 Å². The third-order valence-electron chi connectivity index (χ3n) is 14.5. The second-order valence-electron chi connectivity index (χ2n) is 17.1. The van der Waals surface area contributed by atoms with Crippen molar-refractivity contribution in [2.24, 2.45) is 0 Å². The smallest absolute Gasteiger partial charge is 0.0455 e. The molecule has 0 fully saturated rings. The second kappa shape index (κ2) is 5.27. The van der Waals surface area contributed by atoms with Crippen LogP contribution in [0, 0.1) is 0 Å². The van der Waals surface area contributed by atoms with Crippen molar-refractivity contribution in [3.63, 3.8) is 0 Å². The normalized spacial score (nSPS) is 24.1. The Bertz CT molecular complexity index is 3460. The van der Waals surface area contributed by atoms with Crippen molar-refractivity contribution < 1.29 is 0 Å². The van der Waals surface area contributed by atoms with E-state index in [0.29, 0.717) is 11.8 Å². The molecular formula is C44H24Si. The summed E-state index contributed by atoms with van der Waals surface area (Å²) in [6.45, 7) is 7.94. The van der Waals surface area contributed by atoms with Crippen LogP contribution in [0.1, 0.15) is 40.5 Å². The van der Waals surface area contributed by atoms with Crippen molar-refractivity contribution in [3.8, 4) is 0 Å². The Morgan fingerprint density at radius 1 is 0.533 bits per heavy atom. The van der Waals surface area contributed by atoms with Crippen LogP contribution in [0.4, 0.5) is 0 Å². The van der Waals surface area contributed by atoms with Gasteiger partial charge in [0.2, 0.25) is 0 Å². The lowest BCUT2D eigenvalue weighted by molar-refractivity contribution is 0.406. The van der Waals surface area contributed by atoms with Gasteiger partial charge in [-0.25, -0.2) is 0 Å². The average Bonchev–Trinajstić information content (AvgIpc) is 3.82. The Kier molecular flexibility index (Phi) is 2.41. The summed E-state index contributed by atoms with van der Waals surface area (Å²) in [6, 6.07) is 21.6. The van der Waals surface area contributed by atoms with Gasteiger partial charge in [-0.1, -0.05) is 74.2 Å². The summed E-state index contributed by atoms with van der Waals surface area (Å²) < 4.78 is 0. The summed E-state index contributed by atoms with van der Waals surface area (Å²) in [5.74, 6) is 1.14. The molecule has 0 bridgehead atoms. The number of benzene rings is 8. The second-order valence-corrected chi connectivity index (χ2v) is 22.6.